The lowest BCUT2D eigenvalue weighted by atomic mass is 9.59. The molecule has 7 heteroatoms. The molecule has 1 aromatic carbocycles. The molecule has 3 atom stereocenters. The van der Waals surface area contributed by atoms with Crippen molar-refractivity contribution in [2.75, 3.05) is 6.61 Å². The molecule has 7 nitrogen and oxygen atoms in total. The average Bonchev–Trinajstić information content (AvgIpc) is 3.25. The second-order valence-electron chi connectivity index (χ2n) is 8.49. The molecule has 0 N–H and O–H groups in total. The van der Waals surface area contributed by atoms with Gasteiger partial charge in [-0.1, -0.05) is 19.1 Å². The zero-order valence-corrected chi connectivity index (χ0v) is 17.0. The first-order chi connectivity index (χ1) is 13.3. The summed E-state index contributed by atoms with van der Waals surface area (Å²) in [5.74, 6) is 0.645. The summed E-state index contributed by atoms with van der Waals surface area (Å²) in [6, 6.07) is 7.55. The lowest BCUT2D eigenvalue weighted by molar-refractivity contribution is -0.183. The molecule has 0 amide bonds. The van der Waals surface area contributed by atoms with Gasteiger partial charge in [-0.2, -0.15) is 0 Å². The van der Waals surface area contributed by atoms with Gasteiger partial charge >= 0.3 is 5.97 Å². The third-order valence-corrected chi connectivity index (χ3v) is 5.77. The number of nitrogens with zero attached hydrogens (tertiary/aromatic N) is 3. The molecule has 1 saturated heterocycles. The molecule has 4 rings (SSSR count). The van der Waals surface area contributed by atoms with Gasteiger partial charge in [-0.15, -0.1) is 5.10 Å². The number of carbonyl (C=O) groups is 1. The molecule has 0 radical (unpaired) electrons. The standard InChI is InChI=1S/C21H27N3O4/c1-12(2)27-15-8-6-14(7-9-15)24-13(3)17(22-23-24)20(25)28-19-16-10-11-26-18(16)21(19,4)5/h6-9,12,16,18-19H,10-11H2,1-5H3/t16-,18+,19+/m0/s1. The molecule has 150 valence electrons. The SMILES string of the molecule is Cc1c(C(=O)O[C@@H]2[C@H]3CCO[C@H]3C2(C)C)nnn1-c1ccc(OC(C)C)cc1. The zero-order valence-electron chi connectivity index (χ0n) is 17.0. The van der Waals surface area contributed by atoms with Crippen LogP contribution < -0.4 is 4.74 Å². The maximum atomic E-state index is 12.8. The van der Waals surface area contributed by atoms with E-state index in [4.69, 9.17) is 14.2 Å². The number of aromatic nitrogens is 3. The largest absolute Gasteiger partial charge is 0.491 e. The van der Waals surface area contributed by atoms with Crippen LogP contribution in [0.3, 0.4) is 0 Å². The fourth-order valence-electron chi connectivity index (χ4n) is 4.39. The van der Waals surface area contributed by atoms with Crippen molar-refractivity contribution in [3.8, 4) is 11.4 Å². The first-order valence-corrected chi connectivity index (χ1v) is 9.81. The monoisotopic (exact) mass is 385 g/mol. The number of hydrogen-bond acceptors (Lipinski definition) is 6. The average molecular weight is 385 g/mol. The summed E-state index contributed by atoms with van der Waals surface area (Å²) in [6.07, 6.45) is 1.07. The fourth-order valence-corrected chi connectivity index (χ4v) is 4.39. The van der Waals surface area contributed by atoms with Gasteiger partial charge in [0.05, 0.1) is 23.6 Å². The summed E-state index contributed by atoms with van der Waals surface area (Å²) in [4.78, 5) is 12.8. The molecular formula is C21H27N3O4. The van der Waals surface area contributed by atoms with Crippen molar-refractivity contribution in [3.63, 3.8) is 0 Å². The van der Waals surface area contributed by atoms with Gasteiger partial charge < -0.3 is 14.2 Å². The van der Waals surface area contributed by atoms with Crippen LogP contribution in [0.25, 0.3) is 5.69 Å². The van der Waals surface area contributed by atoms with E-state index in [1.54, 1.807) is 4.68 Å². The molecule has 28 heavy (non-hydrogen) atoms. The minimum atomic E-state index is -0.424. The van der Waals surface area contributed by atoms with E-state index in [1.165, 1.54) is 0 Å². The van der Waals surface area contributed by atoms with Crippen molar-refractivity contribution in [2.24, 2.45) is 11.3 Å². The number of carbonyl (C=O) groups excluding carboxylic acids is 1. The quantitative estimate of drug-likeness (QED) is 0.735. The predicted octanol–water partition coefficient (Wildman–Crippen LogP) is 3.33. The fraction of sp³-hybridized carbons (Fsp3) is 0.571. The van der Waals surface area contributed by atoms with Crippen molar-refractivity contribution < 1.29 is 19.0 Å². The van der Waals surface area contributed by atoms with Crippen LogP contribution in [0, 0.1) is 18.3 Å². The van der Waals surface area contributed by atoms with E-state index < -0.39 is 5.97 Å². The summed E-state index contributed by atoms with van der Waals surface area (Å²) in [5.41, 5.74) is 1.54. The van der Waals surface area contributed by atoms with Gasteiger partial charge in [0.1, 0.15) is 11.9 Å². The van der Waals surface area contributed by atoms with Gasteiger partial charge in [-0.25, -0.2) is 9.48 Å². The molecule has 1 aliphatic heterocycles. The molecule has 2 fully saturated rings. The number of esters is 1. The van der Waals surface area contributed by atoms with Crippen molar-refractivity contribution in [1.29, 1.82) is 0 Å². The van der Waals surface area contributed by atoms with Gasteiger partial charge in [-0.3, -0.25) is 0 Å². The molecule has 1 saturated carbocycles. The highest BCUT2D eigenvalue weighted by atomic mass is 16.6. The maximum Gasteiger partial charge on any atom is 0.361 e. The topological polar surface area (TPSA) is 75.5 Å². The zero-order chi connectivity index (χ0) is 20.1. The van der Waals surface area contributed by atoms with Gasteiger partial charge in [0.2, 0.25) is 0 Å². The Kier molecular flexibility index (Phi) is 4.65. The van der Waals surface area contributed by atoms with Crippen LogP contribution in [0.4, 0.5) is 0 Å². The minimum absolute atomic E-state index is 0.112. The van der Waals surface area contributed by atoms with E-state index in [0.717, 1.165) is 24.5 Å². The van der Waals surface area contributed by atoms with E-state index in [1.807, 2.05) is 45.0 Å². The Bertz CT molecular complexity index is 872. The second-order valence-corrected chi connectivity index (χ2v) is 8.49. The van der Waals surface area contributed by atoms with Crippen LogP contribution in [0.5, 0.6) is 5.75 Å². The maximum absolute atomic E-state index is 12.8. The molecule has 2 heterocycles. The van der Waals surface area contributed by atoms with E-state index in [-0.39, 0.29) is 35.3 Å². The summed E-state index contributed by atoms with van der Waals surface area (Å²) in [5, 5.41) is 8.24. The van der Waals surface area contributed by atoms with Crippen molar-refractivity contribution in [2.45, 2.75) is 59.4 Å². The Morgan fingerprint density at radius 3 is 2.68 bits per heavy atom. The highest BCUT2D eigenvalue weighted by Crippen LogP contribution is 2.53. The van der Waals surface area contributed by atoms with Crippen LogP contribution in [0.15, 0.2) is 24.3 Å². The van der Waals surface area contributed by atoms with Crippen molar-refractivity contribution in [3.05, 3.63) is 35.7 Å². The van der Waals surface area contributed by atoms with Crippen LogP contribution in [-0.2, 0) is 9.47 Å². The first kappa shape index (κ1) is 18.9. The van der Waals surface area contributed by atoms with E-state index >= 15 is 0 Å². The molecule has 1 aliphatic carbocycles. The molecule has 2 aromatic rings. The molecule has 0 unspecified atom stereocenters. The molecule has 0 spiro atoms. The van der Waals surface area contributed by atoms with Gasteiger partial charge in [-0.05, 0) is 51.5 Å². The highest BCUT2D eigenvalue weighted by molar-refractivity contribution is 5.88. The Balaban J connectivity index is 1.49. The number of ether oxygens (including phenoxy) is 3. The van der Waals surface area contributed by atoms with Crippen LogP contribution in [0.1, 0.15) is 50.3 Å². The Morgan fingerprint density at radius 2 is 2.00 bits per heavy atom. The van der Waals surface area contributed by atoms with Crippen LogP contribution >= 0.6 is 0 Å². The van der Waals surface area contributed by atoms with Gasteiger partial charge in [0.25, 0.3) is 0 Å². The van der Waals surface area contributed by atoms with E-state index in [0.29, 0.717) is 5.69 Å². The summed E-state index contributed by atoms with van der Waals surface area (Å²) in [6.45, 7) is 10.7. The molecule has 1 aromatic heterocycles. The van der Waals surface area contributed by atoms with Crippen molar-refractivity contribution in [1.82, 2.24) is 15.0 Å². The lowest BCUT2D eigenvalue weighted by Gasteiger charge is -2.52. The molecule has 2 aliphatic rings. The summed E-state index contributed by atoms with van der Waals surface area (Å²) >= 11 is 0. The van der Waals surface area contributed by atoms with Crippen LogP contribution in [0.2, 0.25) is 0 Å². The smallest absolute Gasteiger partial charge is 0.361 e. The van der Waals surface area contributed by atoms with Crippen LogP contribution in [-0.4, -0.2) is 45.9 Å². The summed E-state index contributed by atoms with van der Waals surface area (Å²) < 4.78 is 18.9. The highest BCUT2D eigenvalue weighted by Gasteiger charge is 2.61. The number of benzene rings is 1. The Labute approximate surface area is 165 Å². The normalized spacial score (nSPS) is 25.3. The molecular weight excluding hydrogens is 358 g/mol. The van der Waals surface area contributed by atoms with Crippen molar-refractivity contribution >= 4 is 5.97 Å². The predicted molar refractivity (Wildman–Crippen MR) is 103 cm³/mol. The Hall–Kier alpha value is -2.41. The van der Waals surface area contributed by atoms with E-state index in [2.05, 4.69) is 24.2 Å². The molecule has 0 bridgehead atoms. The van der Waals surface area contributed by atoms with Gasteiger partial charge in [0, 0.05) is 17.9 Å². The van der Waals surface area contributed by atoms with E-state index in [9.17, 15) is 4.79 Å². The minimum Gasteiger partial charge on any atom is -0.491 e. The summed E-state index contributed by atoms with van der Waals surface area (Å²) in [7, 11) is 0. The first-order valence-electron chi connectivity index (χ1n) is 9.81. The number of fused-ring (bicyclic) bond motifs is 1. The Morgan fingerprint density at radius 1 is 1.29 bits per heavy atom. The third kappa shape index (κ3) is 3.07. The second kappa shape index (κ2) is 6.88. The number of rotatable bonds is 5. The van der Waals surface area contributed by atoms with Gasteiger partial charge in [0.15, 0.2) is 5.69 Å². The number of hydrogen-bond donors (Lipinski definition) is 0. The lowest BCUT2D eigenvalue weighted by Crippen LogP contribution is -2.61. The third-order valence-electron chi connectivity index (χ3n) is 5.77.